The second kappa shape index (κ2) is 3.34. The first kappa shape index (κ1) is 10.2. The number of nitrogens with zero attached hydrogens (tertiary/aromatic N) is 2. The number of rotatable bonds is 1. The van der Waals surface area contributed by atoms with Gasteiger partial charge in [-0.05, 0) is 13.8 Å². The summed E-state index contributed by atoms with van der Waals surface area (Å²) in [7, 11) is 1.77. The number of likely N-dealkylation sites (N-methyl/N-ethyl adjacent to an activating group) is 1. The van der Waals surface area contributed by atoms with E-state index in [-0.39, 0.29) is 18.0 Å². The molecule has 2 unspecified atom stereocenters. The molecule has 15 heavy (non-hydrogen) atoms. The van der Waals surface area contributed by atoms with Gasteiger partial charge in [-0.25, -0.2) is 0 Å². The first-order valence-corrected chi connectivity index (χ1v) is 4.96. The Bertz CT molecular complexity index is 380. The van der Waals surface area contributed by atoms with Gasteiger partial charge >= 0.3 is 0 Å². The van der Waals surface area contributed by atoms with Gasteiger partial charge in [0.25, 0.3) is 0 Å². The molecule has 5 heteroatoms. The normalized spacial score (nSPS) is 26.4. The smallest absolute Gasteiger partial charge is 0.224 e. The van der Waals surface area contributed by atoms with E-state index in [1.165, 1.54) is 0 Å². The Balaban J connectivity index is 2.43. The van der Waals surface area contributed by atoms with Gasteiger partial charge in [0.2, 0.25) is 5.91 Å². The molecular weight excluding hydrogens is 194 g/mol. The predicted octanol–water partition coefficient (Wildman–Crippen LogP) is 0.522. The number of carbonyl (C=O) groups excluding carboxylic acids is 1. The van der Waals surface area contributed by atoms with Crippen molar-refractivity contribution < 1.29 is 9.32 Å². The van der Waals surface area contributed by atoms with Crippen molar-refractivity contribution >= 4 is 5.91 Å². The number of aromatic nitrogens is 1. The van der Waals surface area contributed by atoms with Crippen molar-refractivity contribution in [3.63, 3.8) is 0 Å². The van der Waals surface area contributed by atoms with E-state index in [0.717, 1.165) is 17.0 Å². The highest BCUT2D eigenvalue weighted by Crippen LogP contribution is 2.34. The molecule has 1 aromatic heterocycles. The summed E-state index contributed by atoms with van der Waals surface area (Å²) < 4.78 is 5.10. The molecule has 1 aliphatic heterocycles. The van der Waals surface area contributed by atoms with Gasteiger partial charge < -0.3 is 15.2 Å². The zero-order valence-electron chi connectivity index (χ0n) is 9.15. The molecule has 1 amide bonds. The van der Waals surface area contributed by atoms with Crippen LogP contribution in [0.25, 0.3) is 0 Å². The summed E-state index contributed by atoms with van der Waals surface area (Å²) in [6, 6.07) is -0.261. The van der Waals surface area contributed by atoms with Crippen molar-refractivity contribution in [2.24, 2.45) is 5.73 Å². The third-order valence-electron chi connectivity index (χ3n) is 3.01. The van der Waals surface area contributed by atoms with Crippen molar-refractivity contribution in [1.82, 2.24) is 10.1 Å². The van der Waals surface area contributed by atoms with Gasteiger partial charge in [0.05, 0.1) is 11.7 Å². The van der Waals surface area contributed by atoms with Crippen LogP contribution in [0.1, 0.15) is 29.5 Å². The number of carbonyl (C=O) groups is 1. The summed E-state index contributed by atoms with van der Waals surface area (Å²) in [4.78, 5) is 13.2. The van der Waals surface area contributed by atoms with Crippen molar-refractivity contribution in [2.45, 2.75) is 32.4 Å². The average Bonchev–Trinajstić information content (AvgIpc) is 2.59. The van der Waals surface area contributed by atoms with E-state index in [1.807, 2.05) is 13.8 Å². The molecule has 0 spiro atoms. The fourth-order valence-corrected chi connectivity index (χ4v) is 2.22. The fraction of sp³-hybridized carbons (Fsp3) is 0.600. The highest BCUT2D eigenvalue weighted by molar-refractivity contribution is 5.80. The molecule has 0 saturated carbocycles. The Kier molecular flexibility index (Phi) is 2.26. The third-order valence-corrected chi connectivity index (χ3v) is 3.01. The quantitative estimate of drug-likeness (QED) is 0.732. The van der Waals surface area contributed by atoms with Crippen molar-refractivity contribution in [3.8, 4) is 0 Å². The lowest BCUT2D eigenvalue weighted by Crippen LogP contribution is -2.31. The maximum Gasteiger partial charge on any atom is 0.224 e. The molecule has 2 N–H and O–H groups in total. The predicted molar refractivity (Wildman–Crippen MR) is 54.1 cm³/mol. The summed E-state index contributed by atoms with van der Waals surface area (Å²) >= 11 is 0. The number of aryl methyl sites for hydroxylation is 2. The third kappa shape index (κ3) is 1.43. The van der Waals surface area contributed by atoms with Crippen LogP contribution in [0.3, 0.4) is 0 Å². The Morgan fingerprint density at radius 3 is 2.60 bits per heavy atom. The lowest BCUT2D eigenvalue weighted by Gasteiger charge is -2.22. The standard InChI is InChI=1S/C10H15N3O2/c1-5-9(6(2)15-12-5)10-7(11)4-8(14)13(10)3/h7,10H,4,11H2,1-3H3. The molecule has 1 aromatic rings. The first-order chi connectivity index (χ1) is 7.02. The lowest BCUT2D eigenvalue weighted by atomic mass is 9.99. The SMILES string of the molecule is Cc1noc(C)c1C1C(N)CC(=O)N1C. The summed E-state index contributed by atoms with van der Waals surface area (Å²) in [6.07, 6.45) is 0.394. The number of nitrogens with two attached hydrogens (primary N) is 1. The molecule has 1 saturated heterocycles. The van der Waals surface area contributed by atoms with Gasteiger partial charge in [-0.15, -0.1) is 0 Å². The molecule has 0 aliphatic carbocycles. The van der Waals surface area contributed by atoms with Crippen LogP contribution in [0.4, 0.5) is 0 Å². The van der Waals surface area contributed by atoms with Crippen molar-refractivity contribution in [2.75, 3.05) is 7.05 Å². The maximum absolute atomic E-state index is 11.5. The Morgan fingerprint density at radius 1 is 1.53 bits per heavy atom. The van der Waals surface area contributed by atoms with E-state index in [9.17, 15) is 4.79 Å². The van der Waals surface area contributed by atoms with Gasteiger partial charge in [-0.3, -0.25) is 4.79 Å². The summed E-state index contributed by atoms with van der Waals surface area (Å²) in [5, 5.41) is 3.89. The summed E-state index contributed by atoms with van der Waals surface area (Å²) in [5.41, 5.74) is 7.73. The minimum absolute atomic E-state index is 0.0764. The minimum atomic E-state index is -0.167. The number of amides is 1. The summed E-state index contributed by atoms with van der Waals surface area (Å²) in [5.74, 6) is 0.821. The van der Waals surface area contributed by atoms with E-state index in [4.69, 9.17) is 10.3 Å². The Labute approximate surface area is 88.2 Å². The lowest BCUT2D eigenvalue weighted by molar-refractivity contribution is -0.127. The van der Waals surface area contributed by atoms with Crippen molar-refractivity contribution in [3.05, 3.63) is 17.0 Å². The second-order valence-electron chi connectivity index (χ2n) is 4.06. The second-order valence-corrected chi connectivity index (χ2v) is 4.06. The molecule has 82 valence electrons. The largest absolute Gasteiger partial charge is 0.361 e. The van der Waals surface area contributed by atoms with Crippen LogP contribution in [0, 0.1) is 13.8 Å². The summed E-state index contributed by atoms with van der Waals surface area (Å²) in [6.45, 7) is 3.72. The van der Waals surface area contributed by atoms with Gasteiger partial charge in [0.1, 0.15) is 5.76 Å². The van der Waals surface area contributed by atoms with Crippen LogP contribution in [-0.4, -0.2) is 29.1 Å². The molecule has 0 bridgehead atoms. The van der Waals surface area contributed by atoms with Crippen LogP contribution in [0.5, 0.6) is 0 Å². The molecule has 0 radical (unpaired) electrons. The number of hydrogen-bond donors (Lipinski definition) is 1. The van der Waals surface area contributed by atoms with E-state index >= 15 is 0 Å². The number of hydrogen-bond acceptors (Lipinski definition) is 4. The van der Waals surface area contributed by atoms with Crippen LogP contribution in [-0.2, 0) is 4.79 Å². The molecule has 5 nitrogen and oxygen atoms in total. The zero-order chi connectivity index (χ0) is 11.2. The number of likely N-dealkylation sites (tertiary alicyclic amines) is 1. The molecule has 2 atom stereocenters. The zero-order valence-corrected chi connectivity index (χ0v) is 9.15. The highest BCUT2D eigenvalue weighted by Gasteiger charge is 2.39. The molecule has 0 aromatic carbocycles. The minimum Gasteiger partial charge on any atom is -0.361 e. The van der Waals surface area contributed by atoms with Crippen LogP contribution < -0.4 is 5.73 Å². The van der Waals surface area contributed by atoms with Gasteiger partial charge in [-0.2, -0.15) is 0 Å². The molecule has 2 heterocycles. The molecule has 1 fully saturated rings. The van der Waals surface area contributed by atoms with Crippen molar-refractivity contribution in [1.29, 1.82) is 0 Å². The van der Waals surface area contributed by atoms with Crippen LogP contribution in [0.2, 0.25) is 0 Å². The van der Waals surface area contributed by atoms with Crippen LogP contribution >= 0.6 is 0 Å². The Morgan fingerprint density at radius 2 is 2.20 bits per heavy atom. The van der Waals surface area contributed by atoms with E-state index in [2.05, 4.69) is 5.16 Å². The van der Waals surface area contributed by atoms with Gasteiger partial charge in [-0.1, -0.05) is 5.16 Å². The van der Waals surface area contributed by atoms with Gasteiger partial charge in [0, 0.05) is 25.1 Å². The average molecular weight is 209 g/mol. The monoisotopic (exact) mass is 209 g/mol. The molecule has 2 rings (SSSR count). The fourth-order valence-electron chi connectivity index (χ4n) is 2.22. The van der Waals surface area contributed by atoms with Gasteiger partial charge in [0.15, 0.2) is 0 Å². The first-order valence-electron chi connectivity index (χ1n) is 4.96. The topological polar surface area (TPSA) is 72.4 Å². The van der Waals surface area contributed by atoms with E-state index < -0.39 is 0 Å². The van der Waals surface area contributed by atoms with E-state index in [1.54, 1.807) is 11.9 Å². The van der Waals surface area contributed by atoms with Crippen LogP contribution in [0.15, 0.2) is 4.52 Å². The molecule has 1 aliphatic rings. The molecular formula is C10H15N3O2. The Hall–Kier alpha value is -1.36. The van der Waals surface area contributed by atoms with E-state index in [0.29, 0.717) is 6.42 Å². The maximum atomic E-state index is 11.5. The highest BCUT2D eigenvalue weighted by atomic mass is 16.5.